The molecule has 1 fully saturated rings. The molecule has 0 bridgehead atoms. The molecular weight excluding hydrogens is 246 g/mol. The topological polar surface area (TPSA) is 88.7 Å². The predicted octanol–water partition coefficient (Wildman–Crippen LogP) is 1.37. The third-order valence-corrected chi connectivity index (χ3v) is 3.23. The summed E-state index contributed by atoms with van der Waals surface area (Å²) in [4.78, 5) is 17.2. The predicted molar refractivity (Wildman–Crippen MR) is 72.5 cm³/mol. The quantitative estimate of drug-likeness (QED) is 0.858. The Kier molecular flexibility index (Phi) is 4.21. The fraction of sp³-hybridized carbons (Fsp3) is 0.538. The van der Waals surface area contributed by atoms with Crippen LogP contribution in [0.4, 0.5) is 11.5 Å². The van der Waals surface area contributed by atoms with Crippen molar-refractivity contribution >= 4 is 17.5 Å². The summed E-state index contributed by atoms with van der Waals surface area (Å²) < 4.78 is 5.69. The van der Waals surface area contributed by atoms with Gasteiger partial charge in [0.15, 0.2) is 11.5 Å². The number of ether oxygens (including phenoxy) is 1. The largest absolute Gasteiger partial charge is 0.477 e. The molecule has 1 atom stereocenters. The van der Waals surface area contributed by atoms with Gasteiger partial charge in [-0.3, -0.25) is 0 Å². The highest BCUT2D eigenvalue weighted by Gasteiger charge is 2.21. The monoisotopic (exact) mass is 265 g/mol. The second kappa shape index (κ2) is 5.88. The zero-order valence-corrected chi connectivity index (χ0v) is 11.0. The van der Waals surface area contributed by atoms with Gasteiger partial charge in [0.05, 0.1) is 11.8 Å². The number of carboxylic acid groups (broad SMARTS) is 1. The minimum Gasteiger partial charge on any atom is -0.477 e. The first kappa shape index (κ1) is 13.6. The van der Waals surface area contributed by atoms with Crippen molar-refractivity contribution in [3.05, 3.63) is 17.8 Å². The van der Waals surface area contributed by atoms with Crippen LogP contribution in [0.2, 0.25) is 0 Å². The maximum Gasteiger partial charge on any atom is 0.354 e. The molecule has 1 aromatic rings. The number of rotatable bonds is 3. The number of aromatic carboxylic acids is 1. The first-order valence-corrected chi connectivity index (χ1v) is 6.48. The van der Waals surface area contributed by atoms with E-state index in [-0.39, 0.29) is 11.8 Å². The zero-order chi connectivity index (χ0) is 13.8. The number of nitrogens with two attached hydrogens (primary N) is 1. The lowest BCUT2D eigenvalue weighted by molar-refractivity contribution is 0.0664. The molecule has 2 heterocycles. The fourth-order valence-electron chi connectivity index (χ4n) is 2.17. The zero-order valence-electron chi connectivity index (χ0n) is 11.0. The summed E-state index contributed by atoms with van der Waals surface area (Å²) in [7, 11) is 0. The summed E-state index contributed by atoms with van der Waals surface area (Å²) in [6.07, 6.45) is 1.93. The number of nitrogen functional groups attached to an aromatic ring is 1. The van der Waals surface area contributed by atoms with E-state index in [2.05, 4.69) is 11.9 Å². The molecule has 104 valence electrons. The molecule has 6 heteroatoms. The van der Waals surface area contributed by atoms with Crippen molar-refractivity contribution in [1.82, 2.24) is 4.98 Å². The van der Waals surface area contributed by atoms with Crippen LogP contribution < -0.4 is 10.6 Å². The molecule has 1 saturated heterocycles. The van der Waals surface area contributed by atoms with Crippen molar-refractivity contribution in [1.29, 1.82) is 0 Å². The molecule has 2 rings (SSSR count). The van der Waals surface area contributed by atoms with Gasteiger partial charge in [0, 0.05) is 19.7 Å². The standard InChI is InChI=1S/C13H19N3O3/c1-2-9-8-16(6-3-7-19-9)12-10(14)4-5-11(15-12)13(17)18/h4-5,9H,2-3,6-8,14H2,1H3,(H,17,18). The Morgan fingerprint density at radius 1 is 1.63 bits per heavy atom. The molecule has 0 amide bonds. The number of hydrogen-bond acceptors (Lipinski definition) is 5. The van der Waals surface area contributed by atoms with Gasteiger partial charge in [-0.1, -0.05) is 6.92 Å². The van der Waals surface area contributed by atoms with Gasteiger partial charge in [-0.05, 0) is 25.0 Å². The Labute approximate surface area is 112 Å². The lowest BCUT2D eigenvalue weighted by atomic mass is 10.2. The van der Waals surface area contributed by atoms with Crippen molar-refractivity contribution in [3.63, 3.8) is 0 Å². The highest BCUT2D eigenvalue weighted by molar-refractivity contribution is 5.87. The van der Waals surface area contributed by atoms with Crippen molar-refractivity contribution in [2.45, 2.75) is 25.9 Å². The van der Waals surface area contributed by atoms with E-state index < -0.39 is 5.97 Å². The highest BCUT2D eigenvalue weighted by Crippen LogP contribution is 2.23. The normalized spacial score (nSPS) is 20.1. The van der Waals surface area contributed by atoms with E-state index in [0.29, 0.717) is 24.7 Å². The maximum atomic E-state index is 11.0. The lowest BCUT2D eigenvalue weighted by Crippen LogP contribution is -2.33. The van der Waals surface area contributed by atoms with Crippen molar-refractivity contribution in [2.75, 3.05) is 30.3 Å². The number of nitrogens with zero attached hydrogens (tertiary/aromatic N) is 2. The number of anilines is 2. The number of carbonyl (C=O) groups is 1. The van der Waals surface area contributed by atoms with E-state index >= 15 is 0 Å². The first-order chi connectivity index (χ1) is 9.11. The Morgan fingerprint density at radius 3 is 3.11 bits per heavy atom. The van der Waals surface area contributed by atoms with Crippen molar-refractivity contribution in [2.24, 2.45) is 0 Å². The summed E-state index contributed by atoms with van der Waals surface area (Å²) in [6.45, 7) is 4.25. The van der Waals surface area contributed by atoms with Gasteiger partial charge in [0.25, 0.3) is 0 Å². The molecule has 0 radical (unpaired) electrons. The van der Waals surface area contributed by atoms with Gasteiger partial charge in [0.2, 0.25) is 0 Å². The van der Waals surface area contributed by atoms with Crippen LogP contribution in [-0.4, -0.2) is 41.9 Å². The second-order valence-corrected chi connectivity index (χ2v) is 4.62. The van der Waals surface area contributed by atoms with E-state index in [1.54, 1.807) is 6.07 Å². The van der Waals surface area contributed by atoms with Crippen LogP contribution >= 0.6 is 0 Å². The average molecular weight is 265 g/mol. The van der Waals surface area contributed by atoms with Gasteiger partial charge < -0.3 is 20.5 Å². The maximum absolute atomic E-state index is 11.0. The molecule has 6 nitrogen and oxygen atoms in total. The van der Waals surface area contributed by atoms with Crippen LogP contribution in [0.15, 0.2) is 12.1 Å². The molecule has 19 heavy (non-hydrogen) atoms. The summed E-state index contributed by atoms with van der Waals surface area (Å²) >= 11 is 0. The molecule has 0 aliphatic carbocycles. The Hall–Kier alpha value is -1.82. The van der Waals surface area contributed by atoms with Crippen LogP contribution in [0.5, 0.6) is 0 Å². The minimum absolute atomic E-state index is 0.0161. The summed E-state index contributed by atoms with van der Waals surface area (Å²) in [5.41, 5.74) is 6.44. The average Bonchev–Trinajstić information content (AvgIpc) is 2.64. The number of hydrogen-bond donors (Lipinski definition) is 2. The molecule has 1 aromatic heterocycles. The van der Waals surface area contributed by atoms with Crippen LogP contribution in [0, 0.1) is 0 Å². The fourth-order valence-corrected chi connectivity index (χ4v) is 2.17. The molecule has 3 N–H and O–H groups in total. The summed E-state index contributed by atoms with van der Waals surface area (Å²) in [5.74, 6) is -0.497. The van der Waals surface area contributed by atoms with E-state index in [9.17, 15) is 4.79 Å². The van der Waals surface area contributed by atoms with Crippen molar-refractivity contribution < 1.29 is 14.6 Å². The minimum atomic E-state index is -1.04. The number of aromatic nitrogens is 1. The van der Waals surface area contributed by atoms with E-state index in [1.165, 1.54) is 6.07 Å². The third-order valence-electron chi connectivity index (χ3n) is 3.23. The van der Waals surface area contributed by atoms with Gasteiger partial charge in [-0.2, -0.15) is 0 Å². The number of carboxylic acids is 1. The molecule has 1 aliphatic rings. The third kappa shape index (κ3) is 3.14. The lowest BCUT2D eigenvalue weighted by Gasteiger charge is -2.25. The van der Waals surface area contributed by atoms with Crippen LogP contribution in [-0.2, 0) is 4.74 Å². The van der Waals surface area contributed by atoms with Gasteiger partial charge in [0.1, 0.15) is 0 Å². The van der Waals surface area contributed by atoms with Crippen molar-refractivity contribution in [3.8, 4) is 0 Å². The van der Waals surface area contributed by atoms with Crippen LogP contribution in [0.3, 0.4) is 0 Å². The van der Waals surface area contributed by atoms with Crippen LogP contribution in [0.25, 0.3) is 0 Å². The molecule has 1 unspecified atom stereocenters. The molecule has 0 aromatic carbocycles. The smallest absolute Gasteiger partial charge is 0.354 e. The van der Waals surface area contributed by atoms with E-state index in [0.717, 1.165) is 19.4 Å². The summed E-state index contributed by atoms with van der Waals surface area (Å²) in [5, 5.41) is 9.01. The van der Waals surface area contributed by atoms with Gasteiger partial charge in [-0.25, -0.2) is 9.78 Å². The van der Waals surface area contributed by atoms with Crippen LogP contribution in [0.1, 0.15) is 30.3 Å². The molecule has 1 aliphatic heterocycles. The van der Waals surface area contributed by atoms with Gasteiger partial charge in [-0.15, -0.1) is 0 Å². The Bertz CT molecular complexity index is 464. The number of pyridine rings is 1. The first-order valence-electron chi connectivity index (χ1n) is 6.48. The van der Waals surface area contributed by atoms with E-state index in [4.69, 9.17) is 15.6 Å². The summed E-state index contributed by atoms with van der Waals surface area (Å²) in [6, 6.07) is 3.02. The Balaban J connectivity index is 2.28. The van der Waals surface area contributed by atoms with E-state index in [1.807, 2.05) is 4.90 Å². The van der Waals surface area contributed by atoms with Gasteiger partial charge >= 0.3 is 5.97 Å². The molecule has 0 saturated carbocycles. The Morgan fingerprint density at radius 2 is 2.42 bits per heavy atom. The molecular formula is C13H19N3O3. The highest BCUT2D eigenvalue weighted by atomic mass is 16.5. The molecule has 0 spiro atoms. The SMILES string of the molecule is CCC1CN(c2nc(C(=O)O)ccc2N)CCCO1. The second-order valence-electron chi connectivity index (χ2n) is 4.62.